The summed E-state index contributed by atoms with van der Waals surface area (Å²) in [4.78, 5) is 25.0. The summed E-state index contributed by atoms with van der Waals surface area (Å²) in [6, 6.07) is 5.39. The fraction of sp³-hybridized carbons (Fsp3) is 0.467. The van der Waals surface area contributed by atoms with Crippen molar-refractivity contribution < 1.29 is 14.3 Å². The molecule has 1 unspecified atom stereocenters. The molecule has 0 aromatic heterocycles. The van der Waals surface area contributed by atoms with Crippen LogP contribution >= 0.6 is 0 Å². The number of ether oxygens (including phenoxy) is 1. The topological polar surface area (TPSA) is 84.7 Å². The van der Waals surface area contributed by atoms with E-state index in [1.165, 1.54) is 0 Å². The van der Waals surface area contributed by atoms with Crippen molar-refractivity contribution in [2.75, 3.05) is 31.2 Å². The fourth-order valence-electron chi connectivity index (χ4n) is 2.40. The number of nitrogens with one attached hydrogen (secondary N) is 1. The normalized spacial score (nSPS) is 18.5. The van der Waals surface area contributed by atoms with E-state index < -0.39 is 5.97 Å². The molecule has 0 aliphatic carbocycles. The second-order valence-electron chi connectivity index (χ2n) is 5.18. The summed E-state index contributed by atoms with van der Waals surface area (Å²) in [6.45, 7) is 2.72. The van der Waals surface area contributed by atoms with E-state index in [4.69, 9.17) is 10.5 Å². The predicted molar refractivity (Wildman–Crippen MR) is 81.1 cm³/mol. The minimum Gasteiger partial charge on any atom is -0.462 e. The van der Waals surface area contributed by atoms with Crippen molar-refractivity contribution in [2.24, 2.45) is 0 Å². The number of nitrogens with zero attached hydrogens (tertiary/aromatic N) is 1. The van der Waals surface area contributed by atoms with Crippen molar-refractivity contribution in [1.29, 1.82) is 0 Å². The van der Waals surface area contributed by atoms with E-state index in [0.29, 0.717) is 30.8 Å². The van der Waals surface area contributed by atoms with E-state index in [-0.39, 0.29) is 11.9 Å². The van der Waals surface area contributed by atoms with Gasteiger partial charge in [0, 0.05) is 37.4 Å². The number of nitrogens with two attached hydrogens (primary N) is 1. The zero-order valence-electron chi connectivity index (χ0n) is 12.4. The summed E-state index contributed by atoms with van der Waals surface area (Å²) in [5.74, 6) is -0.257. The lowest BCUT2D eigenvalue weighted by molar-refractivity contribution is -0.132. The fourth-order valence-corrected chi connectivity index (χ4v) is 2.40. The molecule has 0 saturated carbocycles. The van der Waals surface area contributed by atoms with Crippen LogP contribution in [-0.4, -0.2) is 43.0 Å². The van der Waals surface area contributed by atoms with Crippen LogP contribution in [0.25, 0.3) is 0 Å². The van der Waals surface area contributed by atoms with E-state index in [1.807, 2.05) is 6.07 Å². The Kier molecular flexibility index (Phi) is 4.67. The van der Waals surface area contributed by atoms with Gasteiger partial charge in [0.15, 0.2) is 0 Å². The second kappa shape index (κ2) is 6.47. The number of amides is 1. The van der Waals surface area contributed by atoms with Crippen LogP contribution in [0.2, 0.25) is 0 Å². The number of carbonyl (C=O) groups is 2. The number of likely N-dealkylation sites (tertiary alicyclic amines) is 1. The van der Waals surface area contributed by atoms with Gasteiger partial charge in [-0.2, -0.15) is 0 Å². The first-order valence-corrected chi connectivity index (χ1v) is 7.08. The number of hydrogen-bond acceptors (Lipinski definition) is 5. The maximum absolute atomic E-state index is 11.8. The number of benzene rings is 1. The Balaban J connectivity index is 2.09. The molecule has 1 fully saturated rings. The Bertz CT molecular complexity index is 545. The van der Waals surface area contributed by atoms with Gasteiger partial charge in [-0.25, -0.2) is 4.79 Å². The van der Waals surface area contributed by atoms with Crippen molar-refractivity contribution >= 4 is 23.3 Å². The molecule has 2 rings (SSSR count). The molecule has 6 heteroatoms. The van der Waals surface area contributed by atoms with Crippen LogP contribution in [0.4, 0.5) is 11.4 Å². The number of esters is 1. The van der Waals surface area contributed by atoms with Crippen molar-refractivity contribution in [2.45, 2.75) is 25.8 Å². The van der Waals surface area contributed by atoms with Crippen molar-refractivity contribution in [1.82, 2.24) is 4.90 Å². The van der Waals surface area contributed by atoms with Gasteiger partial charge in [0.25, 0.3) is 0 Å². The van der Waals surface area contributed by atoms with Gasteiger partial charge in [0.1, 0.15) is 0 Å². The molecule has 114 valence electrons. The van der Waals surface area contributed by atoms with E-state index in [1.54, 1.807) is 31.0 Å². The van der Waals surface area contributed by atoms with Crippen LogP contribution in [0.5, 0.6) is 0 Å². The molecule has 1 aliphatic rings. The largest absolute Gasteiger partial charge is 0.462 e. The monoisotopic (exact) mass is 291 g/mol. The maximum atomic E-state index is 11.8. The first-order valence-electron chi connectivity index (χ1n) is 7.08. The highest BCUT2D eigenvalue weighted by atomic mass is 16.5. The molecule has 1 heterocycles. The smallest absolute Gasteiger partial charge is 0.340 e. The highest BCUT2D eigenvalue weighted by molar-refractivity contribution is 5.96. The molecule has 0 radical (unpaired) electrons. The van der Waals surface area contributed by atoms with Crippen LogP contribution in [0.15, 0.2) is 18.2 Å². The Labute approximate surface area is 124 Å². The van der Waals surface area contributed by atoms with Gasteiger partial charge in [-0.3, -0.25) is 4.79 Å². The van der Waals surface area contributed by atoms with Crippen molar-refractivity contribution in [3.8, 4) is 0 Å². The average Bonchev–Trinajstić information content (AvgIpc) is 2.45. The quantitative estimate of drug-likeness (QED) is 0.648. The molecule has 1 amide bonds. The lowest BCUT2D eigenvalue weighted by atomic mass is 10.0. The standard InChI is InChI=1S/C15H21N3O3/c1-3-21-15(20)12-8-10(4-6-13(12)16)17-11-5-7-14(19)18(2)9-11/h4,6,8,11,17H,3,5,7,9,16H2,1-2H3. The Morgan fingerprint density at radius 1 is 1.52 bits per heavy atom. The van der Waals surface area contributed by atoms with E-state index >= 15 is 0 Å². The third-order valence-electron chi connectivity index (χ3n) is 3.55. The lowest BCUT2D eigenvalue weighted by Crippen LogP contribution is -2.43. The third kappa shape index (κ3) is 3.65. The van der Waals surface area contributed by atoms with Crippen LogP contribution < -0.4 is 11.1 Å². The van der Waals surface area contributed by atoms with E-state index in [9.17, 15) is 9.59 Å². The molecule has 0 bridgehead atoms. The number of nitrogen functional groups attached to an aromatic ring is 1. The van der Waals surface area contributed by atoms with E-state index in [0.717, 1.165) is 12.1 Å². The summed E-state index contributed by atoms with van der Waals surface area (Å²) in [6.07, 6.45) is 1.32. The molecule has 21 heavy (non-hydrogen) atoms. The predicted octanol–water partition coefficient (Wildman–Crippen LogP) is 1.48. The zero-order chi connectivity index (χ0) is 15.4. The first-order chi connectivity index (χ1) is 10.0. The summed E-state index contributed by atoms with van der Waals surface area (Å²) in [5, 5.41) is 3.34. The van der Waals surface area contributed by atoms with Gasteiger partial charge in [-0.1, -0.05) is 0 Å². The average molecular weight is 291 g/mol. The van der Waals surface area contributed by atoms with Crippen LogP contribution in [0.1, 0.15) is 30.1 Å². The molecule has 1 aromatic rings. The van der Waals surface area contributed by atoms with Gasteiger partial charge in [-0.15, -0.1) is 0 Å². The van der Waals surface area contributed by atoms with Crippen LogP contribution in [-0.2, 0) is 9.53 Å². The molecule has 6 nitrogen and oxygen atoms in total. The summed E-state index contributed by atoms with van der Waals surface area (Å²) in [7, 11) is 1.79. The summed E-state index contributed by atoms with van der Waals surface area (Å²) < 4.78 is 4.99. The highest BCUT2D eigenvalue weighted by Gasteiger charge is 2.23. The molecule has 1 aliphatic heterocycles. The number of likely N-dealkylation sites (N-methyl/N-ethyl adjacent to an activating group) is 1. The summed E-state index contributed by atoms with van der Waals surface area (Å²) >= 11 is 0. The number of rotatable bonds is 4. The summed E-state index contributed by atoms with van der Waals surface area (Å²) in [5.41, 5.74) is 7.38. The Morgan fingerprint density at radius 3 is 2.95 bits per heavy atom. The number of carbonyl (C=O) groups excluding carboxylic acids is 2. The minimum absolute atomic E-state index is 0.164. The van der Waals surface area contributed by atoms with Crippen LogP contribution in [0, 0.1) is 0 Å². The molecular formula is C15H21N3O3. The molecule has 1 atom stereocenters. The molecule has 3 N–H and O–H groups in total. The first kappa shape index (κ1) is 15.2. The van der Waals surface area contributed by atoms with Crippen molar-refractivity contribution in [3.63, 3.8) is 0 Å². The van der Waals surface area contributed by atoms with Gasteiger partial charge >= 0.3 is 5.97 Å². The van der Waals surface area contributed by atoms with Crippen LogP contribution in [0.3, 0.4) is 0 Å². The van der Waals surface area contributed by atoms with Gasteiger partial charge < -0.3 is 20.7 Å². The third-order valence-corrected chi connectivity index (χ3v) is 3.55. The molecular weight excluding hydrogens is 270 g/mol. The van der Waals surface area contributed by atoms with Crippen molar-refractivity contribution in [3.05, 3.63) is 23.8 Å². The molecule has 0 spiro atoms. The molecule has 1 saturated heterocycles. The Hall–Kier alpha value is -2.24. The number of piperidine rings is 1. The zero-order valence-corrected chi connectivity index (χ0v) is 12.4. The maximum Gasteiger partial charge on any atom is 0.340 e. The van der Waals surface area contributed by atoms with Gasteiger partial charge in [0.2, 0.25) is 5.91 Å². The molecule has 1 aromatic carbocycles. The Morgan fingerprint density at radius 2 is 2.29 bits per heavy atom. The lowest BCUT2D eigenvalue weighted by Gasteiger charge is -2.30. The second-order valence-corrected chi connectivity index (χ2v) is 5.18. The van der Waals surface area contributed by atoms with Gasteiger partial charge in [-0.05, 0) is 31.5 Å². The SMILES string of the molecule is CCOC(=O)c1cc(NC2CCC(=O)N(C)C2)ccc1N. The number of anilines is 2. The minimum atomic E-state index is -0.422. The highest BCUT2D eigenvalue weighted by Crippen LogP contribution is 2.21. The van der Waals surface area contributed by atoms with E-state index in [2.05, 4.69) is 5.32 Å². The number of hydrogen-bond donors (Lipinski definition) is 2. The van der Waals surface area contributed by atoms with Gasteiger partial charge in [0.05, 0.1) is 12.2 Å².